The van der Waals surface area contributed by atoms with Gasteiger partial charge in [-0.05, 0) is 24.6 Å². The molecule has 1 atom stereocenters. The van der Waals surface area contributed by atoms with Crippen LogP contribution in [-0.4, -0.2) is 25.8 Å². The second-order valence-electron chi connectivity index (χ2n) is 4.54. The minimum Gasteiger partial charge on any atom is -0.497 e. The Hall–Kier alpha value is -1.06. The van der Waals surface area contributed by atoms with E-state index in [1.54, 1.807) is 7.11 Å². The van der Waals surface area contributed by atoms with Crippen LogP contribution < -0.4 is 10.1 Å². The van der Waals surface area contributed by atoms with Crippen LogP contribution in [0.15, 0.2) is 24.3 Å². The fourth-order valence-electron chi connectivity index (χ4n) is 1.46. The maximum atomic E-state index is 5.76. The van der Waals surface area contributed by atoms with Crippen LogP contribution >= 0.6 is 0 Å². The summed E-state index contributed by atoms with van der Waals surface area (Å²) in [7, 11) is 1.68. The molecule has 1 unspecified atom stereocenters. The van der Waals surface area contributed by atoms with Crippen molar-refractivity contribution >= 4 is 0 Å². The minimum atomic E-state index is 0.212. The van der Waals surface area contributed by atoms with Gasteiger partial charge in [0.15, 0.2) is 0 Å². The van der Waals surface area contributed by atoms with Gasteiger partial charge < -0.3 is 14.8 Å². The topological polar surface area (TPSA) is 30.5 Å². The molecule has 3 nitrogen and oxygen atoms in total. The Bertz CT molecular complexity index is 326. The third kappa shape index (κ3) is 5.71. The van der Waals surface area contributed by atoms with Crippen molar-refractivity contribution in [2.24, 2.45) is 0 Å². The van der Waals surface area contributed by atoms with Crippen LogP contribution in [0, 0.1) is 0 Å². The first kappa shape index (κ1) is 14.0. The molecular weight excluding hydrogens is 214 g/mol. The van der Waals surface area contributed by atoms with E-state index in [2.05, 4.69) is 26.1 Å². The summed E-state index contributed by atoms with van der Waals surface area (Å²) in [4.78, 5) is 0. The van der Waals surface area contributed by atoms with Crippen molar-refractivity contribution in [1.29, 1.82) is 0 Å². The maximum absolute atomic E-state index is 5.76. The summed E-state index contributed by atoms with van der Waals surface area (Å²) in [6.45, 7) is 7.85. The number of rotatable bonds is 7. The Morgan fingerprint density at radius 2 is 2.00 bits per heavy atom. The molecule has 0 fully saturated rings. The van der Waals surface area contributed by atoms with Crippen molar-refractivity contribution in [2.45, 2.75) is 39.5 Å². The molecule has 0 aliphatic carbocycles. The molecule has 1 N–H and O–H groups in total. The fourth-order valence-corrected chi connectivity index (χ4v) is 1.46. The number of hydrogen-bond acceptors (Lipinski definition) is 3. The molecule has 0 saturated heterocycles. The molecule has 0 aliphatic rings. The highest BCUT2D eigenvalue weighted by Crippen LogP contribution is 2.13. The van der Waals surface area contributed by atoms with Crippen LogP contribution in [0.4, 0.5) is 0 Å². The quantitative estimate of drug-likeness (QED) is 0.790. The van der Waals surface area contributed by atoms with E-state index in [-0.39, 0.29) is 6.10 Å². The minimum absolute atomic E-state index is 0.212. The van der Waals surface area contributed by atoms with Gasteiger partial charge in [-0.3, -0.25) is 0 Å². The van der Waals surface area contributed by atoms with Crippen LogP contribution in [0.2, 0.25) is 0 Å². The van der Waals surface area contributed by atoms with E-state index in [4.69, 9.17) is 9.47 Å². The molecule has 0 aliphatic heterocycles. The third-order valence-electron chi connectivity index (χ3n) is 2.48. The molecule has 1 aromatic carbocycles. The average molecular weight is 237 g/mol. The summed E-state index contributed by atoms with van der Waals surface area (Å²) < 4.78 is 10.9. The van der Waals surface area contributed by atoms with E-state index < -0.39 is 0 Å². The first-order chi connectivity index (χ1) is 8.11. The lowest BCUT2D eigenvalue weighted by molar-refractivity contribution is 0.0519. The molecule has 0 amide bonds. The van der Waals surface area contributed by atoms with E-state index in [0.717, 1.165) is 17.9 Å². The Balaban J connectivity index is 2.33. The molecule has 0 bridgehead atoms. The Morgan fingerprint density at radius 1 is 1.24 bits per heavy atom. The van der Waals surface area contributed by atoms with E-state index in [1.165, 1.54) is 0 Å². The van der Waals surface area contributed by atoms with Gasteiger partial charge in [0, 0.05) is 12.6 Å². The molecule has 17 heavy (non-hydrogen) atoms. The zero-order valence-corrected chi connectivity index (χ0v) is 11.2. The zero-order valence-electron chi connectivity index (χ0n) is 11.2. The molecule has 0 radical (unpaired) electrons. The molecule has 1 rings (SSSR count). The van der Waals surface area contributed by atoms with Crippen LogP contribution in [0.5, 0.6) is 5.75 Å². The van der Waals surface area contributed by atoms with Gasteiger partial charge in [0.25, 0.3) is 0 Å². The van der Waals surface area contributed by atoms with Crippen molar-refractivity contribution in [3.05, 3.63) is 29.8 Å². The van der Waals surface area contributed by atoms with E-state index in [9.17, 15) is 0 Å². The van der Waals surface area contributed by atoms with Crippen LogP contribution in [0.25, 0.3) is 0 Å². The van der Waals surface area contributed by atoms with Crippen molar-refractivity contribution < 1.29 is 9.47 Å². The highest BCUT2D eigenvalue weighted by atomic mass is 16.5. The van der Waals surface area contributed by atoms with Gasteiger partial charge in [-0.15, -0.1) is 0 Å². The number of hydrogen-bond donors (Lipinski definition) is 1. The molecule has 0 saturated carbocycles. The largest absolute Gasteiger partial charge is 0.497 e. The molecule has 96 valence electrons. The van der Waals surface area contributed by atoms with Crippen molar-refractivity contribution in [3.8, 4) is 5.75 Å². The average Bonchev–Trinajstić information content (AvgIpc) is 2.34. The van der Waals surface area contributed by atoms with E-state index >= 15 is 0 Å². The van der Waals surface area contributed by atoms with Crippen molar-refractivity contribution in [1.82, 2.24) is 5.32 Å². The smallest absolute Gasteiger partial charge is 0.119 e. The molecule has 3 heteroatoms. The zero-order chi connectivity index (χ0) is 12.7. The summed E-state index contributed by atoms with van der Waals surface area (Å²) in [6.07, 6.45) is 0.212. The van der Waals surface area contributed by atoms with Crippen LogP contribution in [-0.2, 0) is 11.3 Å². The Labute approximate surface area is 104 Å². The van der Waals surface area contributed by atoms with Gasteiger partial charge in [-0.2, -0.15) is 0 Å². The van der Waals surface area contributed by atoms with E-state index in [1.807, 2.05) is 24.3 Å². The third-order valence-corrected chi connectivity index (χ3v) is 2.48. The summed E-state index contributed by atoms with van der Waals surface area (Å²) in [5, 5.41) is 3.35. The molecular formula is C14H23NO2. The first-order valence-corrected chi connectivity index (χ1v) is 6.09. The summed E-state index contributed by atoms with van der Waals surface area (Å²) in [5.74, 6) is 0.874. The normalized spacial score (nSPS) is 12.8. The van der Waals surface area contributed by atoms with Gasteiger partial charge in [0.1, 0.15) is 5.75 Å². The van der Waals surface area contributed by atoms with Gasteiger partial charge in [-0.25, -0.2) is 0 Å². The first-order valence-electron chi connectivity index (χ1n) is 6.09. The Kier molecular flexibility index (Phi) is 6.01. The summed E-state index contributed by atoms with van der Waals surface area (Å²) >= 11 is 0. The lowest BCUT2D eigenvalue weighted by Crippen LogP contribution is -2.31. The maximum Gasteiger partial charge on any atom is 0.119 e. The van der Waals surface area contributed by atoms with Crippen LogP contribution in [0.1, 0.15) is 26.3 Å². The number of benzene rings is 1. The number of methoxy groups -OCH3 is 1. The lowest BCUT2D eigenvalue weighted by atomic mass is 10.2. The Morgan fingerprint density at radius 3 is 2.65 bits per heavy atom. The molecule has 0 spiro atoms. The van der Waals surface area contributed by atoms with Gasteiger partial charge in [-0.1, -0.05) is 26.0 Å². The van der Waals surface area contributed by atoms with Crippen LogP contribution in [0.3, 0.4) is 0 Å². The standard InChI is InChI=1S/C14H23NO2/c1-11(2)15-9-12(3)17-10-13-6-5-7-14(8-13)16-4/h5-8,11-12,15H,9-10H2,1-4H3. The van der Waals surface area contributed by atoms with Gasteiger partial charge in [0.05, 0.1) is 19.8 Å². The lowest BCUT2D eigenvalue weighted by Gasteiger charge is -2.16. The molecule has 0 heterocycles. The highest BCUT2D eigenvalue weighted by Gasteiger charge is 2.04. The van der Waals surface area contributed by atoms with Crippen molar-refractivity contribution in [3.63, 3.8) is 0 Å². The second kappa shape index (κ2) is 7.30. The van der Waals surface area contributed by atoms with E-state index in [0.29, 0.717) is 12.6 Å². The van der Waals surface area contributed by atoms with Gasteiger partial charge in [0.2, 0.25) is 0 Å². The fraction of sp³-hybridized carbons (Fsp3) is 0.571. The monoisotopic (exact) mass is 237 g/mol. The predicted molar refractivity (Wildman–Crippen MR) is 70.4 cm³/mol. The SMILES string of the molecule is COc1cccc(COC(C)CNC(C)C)c1. The highest BCUT2D eigenvalue weighted by molar-refractivity contribution is 5.27. The van der Waals surface area contributed by atoms with Gasteiger partial charge >= 0.3 is 0 Å². The van der Waals surface area contributed by atoms with Crippen molar-refractivity contribution in [2.75, 3.05) is 13.7 Å². The number of nitrogens with one attached hydrogen (secondary N) is 1. The summed E-state index contributed by atoms with van der Waals surface area (Å²) in [5.41, 5.74) is 1.14. The molecule has 0 aromatic heterocycles. The molecule has 1 aromatic rings. The predicted octanol–water partition coefficient (Wildman–Crippen LogP) is 2.60. The summed E-state index contributed by atoms with van der Waals surface area (Å²) in [6, 6.07) is 8.47. The second-order valence-corrected chi connectivity index (χ2v) is 4.54. The number of ether oxygens (including phenoxy) is 2.